The third kappa shape index (κ3) is 3.81. The zero-order valence-corrected chi connectivity index (χ0v) is 10.2. The van der Waals surface area contributed by atoms with Gasteiger partial charge in [0.1, 0.15) is 5.82 Å². The first-order valence-electron chi connectivity index (χ1n) is 6.67. The summed E-state index contributed by atoms with van der Waals surface area (Å²) in [7, 11) is 0. The normalized spacial score (nSPS) is 18.5. The first-order valence-corrected chi connectivity index (χ1v) is 6.67. The standard InChI is InChI=1S/C15H21FO/c16-15-8-4-3-7-13(15)11-14(17)10-9-12-5-1-2-6-12/h3-4,7-8,12,14,17H,1-2,5-6,9-11H2. The van der Waals surface area contributed by atoms with E-state index in [0.717, 1.165) is 18.8 Å². The van der Waals surface area contributed by atoms with E-state index in [1.165, 1.54) is 31.7 Å². The van der Waals surface area contributed by atoms with E-state index in [4.69, 9.17) is 0 Å². The maximum Gasteiger partial charge on any atom is 0.126 e. The van der Waals surface area contributed by atoms with Gasteiger partial charge in [-0.1, -0.05) is 43.9 Å². The molecule has 0 saturated heterocycles. The highest BCUT2D eigenvalue weighted by molar-refractivity contribution is 5.17. The molecule has 0 aliphatic heterocycles. The zero-order valence-electron chi connectivity index (χ0n) is 10.2. The fourth-order valence-corrected chi connectivity index (χ4v) is 2.75. The molecule has 17 heavy (non-hydrogen) atoms. The zero-order chi connectivity index (χ0) is 12.1. The number of hydrogen-bond donors (Lipinski definition) is 1. The highest BCUT2D eigenvalue weighted by Crippen LogP contribution is 2.29. The van der Waals surface area contributed by atoms with Crippen molar-refractivity contribution < 1.29 is 9.50 Å². The fraction of sp³-hybridized carbons (Fsp3) is 0.600. The number of aliphatic hydroxyl groups excluding tert-OH is 1. The summed E-state index contributed by atoms with van der Waals surface area (Å²) in [4.78, 5) is 0. The molecule has 2 rings (SSSR count). The molecular weight excluding hydrogens is 215 g/mol. The summed E-state index contributed by atoms with van der Waals surface area (Å²) in [5.41, 5.74) is 0.631. The summed E-state index contributed by atoms with van der Waals surface area (Å²) in [6.07, 6.45) is 7.25. The lowest BCUT2D eigenvalue weighted by Crippen LogP contribution is -2.13. The number of rotatable bonds is 5. The van der Waals surface area contributed by atoms with Crippen LogP contribution >= 0.6 is 0 Å². The van der Waals surface area contributed by atoms with E-state index >= 15 is 0 Å². The molecule has 1 nitrogen and oxygen atoms in total. The summed E-state index contributed by atoms with van der Waals surface area (Å²) >= 11 is 0. The van der Waals surface area contributed by atoms with Crippen molar-refractivity contribution in [1.29, 1.82) is 0 Å². The van der Waals surface area contributed by atoms with Crippen LogP contribution in [-0.2, 0) is 6.42 Å². The van der Waals surface area contributed by atoms with Gasteiger partial charge in [0.15, 0.2) is 0 Å². The largest absolute Gasteiger partial charge is 0.393 e. The monoisotopic (exact) mass is 236 g/mol. The van der Waals surface area contributed by atoms with Crippen LogP contribution < -0.4 is 0 Å². The van der Waals surface area contributed by atoms with Gasteiger partial charge < -0.3 is 5.11 Å². The van der Waals surface area contributed by atoms with Gasteiger partial charge in [-0.25, -0.2) is 4.39 Å². The van der Waals surface area contributed by atoms with Gasteiger partial charge in [0, 0.05) is 6.42 Å². The second-order valence-corrected chi connectivity index (χ2v) is 5.18. The fourth-order valence-electron chi connectivity index (χ4n) is 2.75. The van der Waals surface area contributed by atoms with Gasteiger partial charge in [-0.2, -0.15) is 0 Å². The summed E-state index contributed by atoms with van der Waals surface area (Å²) in [6, 6.07) is 6.72. The van der Waals surface area contributed by atoms with E-state index in [1.807, 2.05) is 6.07 Å². The van der Waals surface area contributed by atoms with Crippen LogP contribution in [0.15, 0.2) is 24.3 Å². The molecule has 1 aliphatic carbocycles. The van der Waals surface area contributed by atoms with Gasteiger partial charge in [0.05, 0.1) is 6.10 Å². The highest BCUT2D eigenvalue weighted by atomic mass is 19.1. The quantitative estimate of drug-likeness (QED) is 0.826. The average Bonchev–Trinajstić information content (AvgIpc) is 2.82. The third-order valence-electron chi connectivity index (χ3n) is 3.80. The summed E-state index contributed by atoms with van der Waals surface area (Å²) in [6.45, 7) is 0. The van der Waals surface area contributed by atoms with Crippen LogP contribution in [0.3, 0.4) is 0 Å². The predicted octanol–water partition coefficient (Wildman–Crippen LogP) is 3.70. The molecule has 0 aromatic heterocycles. The molecule has 1 saturated carbocycles. The van der Waals surface area contributed by atoms with Crippen LogP contribution in [0.1, 0.15) is 44.1 Å². The SMILES string of the molecule is OC(CCC1CCCC1)Cc1ccccc1F. The van der Waals surface area contributed by atoms with Crippen molar-refractivity contribution in [3.8, 4) is 0 Å². The molecule has 94 valence electrons. The minimum absolute atomic E-state index is 0.201. The van der Waals surface area contributed by atoms with Gasteiger partial charge in [-0.15, -0.1) is 0 Å². The Labute approximate surface area is 103 Å². The van der Waals surface area contributed by atoms with E-state index in [-0.39, 0.29) is 5.82 Å². The molecule has 1 aromatic carbocycles. The molecule has 0 amide bonds. The Hall–Kier alpha value is -0.890. The maximum absolute atomic E-state index is 13.4. The smallest absolute Gasteiger partial charge is 0.126 e. The molecule has 1 aromatic rings. The van der Waals surface area contributed by atoms with Crippen LogP contribution in [0.25, 0.3) is 0 Å². The second kappa shape index (κ2) is 6.15. The van der Waals surface area contributed by atoms with Gasteiger partial charge >= 0.3 is 0 Å². The molecule has 0 spiro atoms. The van der Waals surface area contributed by atoms with Crippen molar-refractivity contribution in [3.63, 3.8) is 0 Å². The Kier molecular flexibility index (Phi) is 4.55. The molecule has 1 aliphatic rings. The Morgan fingerprint density at radius 1 is 1.24 bits per heavy atom. The van der Waals surface area contributed by atoms with Crippen molar-refractivity contribution in [1.82, 2.24) is 0 Å². The average molecular weight is 236 g/mol. The molecule has 0 bridgehead atoms. The van der Waals surface area contributed by atoms with E-state index in [2.05, 4.69) is 0 Å². The Balaban J connectivity index is 1.76. The molecule has 2 heteroatoms. The predicted molar refractivity (Wildman–Crippen MR) is 67.3 cm³/mol. The minimum atomic E-state index is -0.396. The van der Waals surface area contributed by atoms with Gasteiger partial charge in [0.2, 0.25) is 0 Å². The molecule has 1 unspecified atom stereocenters. The van der Waals surface area contributed by atoms with Gasteiger partial charge in [0.25, 0.3) is 0 Å². The lowest BCUT2D eigenvalue weighted by atomic mass is 9.96. The van der Waals surface area contributed by atoms with Crippen LogP contribution in [0.4, 0.5) is 4.39 Å². The van der Waals surface area contributed by atoms with Crippen molar-refractivity contribution in [2.24, 2.45) is 5.92 Å². The number of benzene rings is 1. The van der Waals surface area contributed by atoms with Crippen LogP contribution in [0.2, 0.25) is 0 Å². The van der Waals surface area contributed by atoms with E-state index in [0.29, 0.717) is 12.0 Å². The molecule has 1 N–H and O–H groups in total. The van der Waals surface area contributed by atoms with E-state index < -0.39 is 6.10 Å². The molecular formula is C15H21FO. The highest BCUT2D eigenvalue weighted by Gasteiger charge is 2.17. The first kappa shape index (κ1) is 12.6. The van der Waals surface area contributed by atoms with Gasteiger partial charge in [-0.05, 0) is 30.4 Å². The lowest BCUT2D eigenvalue weighted by Gasteiger charge is -2.14. The number of hydrogen-bond acceptors (Lipinski definition) is 1. The van der Waals surface area contributed by atoms with E-state index in [1.54, 1.807) is 12.1 Å². The molecule has 0 heterocycles. The van der Waals surface area contributed by atoms with Crippen molar-refractivity contribution in [3.05, 3.63) is 35.6 Å². The molecule has 1 fully saturated rings. The first-order chi connectivity index (χ1) is 8.25. The summed E-state index contributed by atoms with van der Waals surface area (Å²) in [5.74, 6) is 0.595. The summed E-state index contributed by atoms with van der Waals surface area (Å²) in [5, 5.41) is 9.92. The topological polar surface area (TPSA) is 20.2 Å². The van der Waals surface area contributed by atoms with Crippen molar-refractivity contribution in [2.75, 3.05) is 0 Å². The maximum atomic E-state index is 13.4. The second-order valence-electron chi connectivity index (χ2n) is 5.18. The van der Waals surface area contributed by atoms with Crippen LogP contribution in [0.5, 0.6) is 0 Å². The van der Waals surface area contributed by atoms with Crippen molar-refractivity contribution >= 4 is 0 Å². The van der Waals surface area contributed by atoms with E-state index in [9.17, 15) is 9.50 Å². The Bertz CT molecular complexity index is 345. The lowest BCUT2D eigenvalue weighted by molar-refractivity contribution is 0.153. The number of halogens is 1. The van der Waals surface area contributed by atoms with Gasteiger partial charge in [-0.3, -0.25) is 0 Å². The number of aliphatic hydroxyl groups is 1. The molecule has 1 atom stereocenters. The Morgan fingerprint density at radius 2 is 1.94 bits per heavy atom. The third-order valence-corrected chi connectivity index (χ3v) is 3.80. The van der Waals surface area contributed by atoms with Crippen molar-refractivity contribution in [2.45, 2.75) is 51.0 Å². The Morgan fingerprint density at radius 3 is 2.65 bits per heavy atom. The minimum Gasteiger partial charge on any atom is -0.393 e. The van der Waals surface area contributed by atoms with Crippen LogP contribution in [0, 0.1) is 11.7 Å². The summed E-state index contributed by atoms with van der Waals surface area (Å²) < 4.78 is 13.4. The van der Waals surface area contributed by atoms with Crippen LogP contribution in [-0.4, -0.2) is 11.2 Å². The molecule has 0 radical (unpaired) electrons.